The highest BCUT2D eigenvalue weighted by atomic mass is 16.3. The zero-order valence-electron chi connectivity index (χ0n) is 17.9. The van der Waals surface area contributed by atoms with Gasteiger partial charge in [0.25, 0.3) is 11.5 Å². The monoisotopic (exact) mass is 436 g/mol. The lowest BCUT2D eigenvalue weighted by Gasteiger charge is -2.29. The first-order valence-electron chi connectivity index (χ1n) is 10.7. The standard InChI is InChI=1S/C22H24N6O4/c1-26-11-12(10-16(26)29)23-21(31)17-18(30)22(32)27(2)19(25-17)20-24-14-8-3-4-9-15(14)28(20)13-6-5-7-13/h3-4,8-9,12-13,30H,5-7,10-11H2,1-2H3,(H,23,31). The number of hydrogen-bond acceptors (Lipinski definition) is 6. The third-order valence-electron chi connectivity index (χ3n) is 6.39. The number of fused-ring (bicyclic) bond motifs is 1. The molecule has 0 radical (unpaired) electrons. The number of rotatable bonds is 4. The SMILES string of the molecule is CN1CC(NC(=O)c2nc(-c3nc4ccccc4n3C3CCC3)n(C)c(=O)c2O)CC1=O. The van der Waals surface area contributed by atoms with E-state index in [1.54, 1.807) is 7.05 Å². The Hall–Kier alpha value is -3.69. The van der Waals surface area contributed by atoms with Crippen LogP contribution in [0.2, 0.25) is 0 Å². The van der Waals surface area contributed by atoms with Gasteiger partial charge >= 0.3 is 0 Å². The van der Waals surface area contributed by atoms with Crippen molar-refractivity contribution in [2.24, 2.45) is 7.05 Å². The molecule has 10 nitrogen and oxygen atoms in total. The summed E-state index contributed by atoms with van der Waals surface area (Å²) in [5, 5.41) is 13.1. The minimum Gasteiger partial charge on any atom is -0.501 e. The summed E-state index contributed by atoms with van der Waals surface area (Å²) < 4.78 is 3.29. The Morgan fingerprint density at radius 1 is 1.12 bits per heavy atom. The third-order valence-corrected chi connectivity index (χ3v) is 6.39. The van der Waals surface area contributed by atoms with Crippen LogP contribution in [0.3, 0.4) is 0 Å². The second-order valence-corrected chi connectivity index (χ2v) is 8.52. The van der Waals surface area contributed by atoms with Gasteiger partial charge in [-0.05, 0) is 31.4 Å². The van der Waals surface area contributed by atoms with Crippen molar-refractivity contribution in [1.29, 1.82) is 0 Å². The van der Waals surface area contributed by atoms with Gasteiger partial charge in [0, 0.05) is 33.1 Å². The van der Waals surface area contributed by atoms with E-state index in [2.05, 4.69) is 14.9 Å². The number of benzene rings is 1. The van der Waals surface area contributed by atoms with Crippen molar-refractivity contribution in [2.45, 2.75) is 37.8 Å². The molecule has 3 heterocycles. The Balaban J connectivity index is 1.60. The van der Waals surface area contributed by atoms with E-state index in [4.69, 9.17) is 4.98 Å². The molecule has 2 N–H and O–H groups in total. The minimum atomic E-state index is -0.730. The lowest BCUT2D eigenvalue weighted by molar-refractivity contribution is -0.126. The van der Waals surface area contributed by atoms with Crippen molar-refractivity contribution in [3.8, 4) is 17.4 Å². The predicted molar refractivity (Wildman–Crippen MR) is 116 cm³/mol. The predicted octanol–water partition coefficient (Wildman–Crippen LogP) is 1.19. The molecule has 0 spiro atoms. The molecular formula is C22H24N6O4. The van der Waals surface area contributed by atoms with Crippen LogP contribution in [-0.2, 0) is 11.8 Å². The van der Waals surface area contributed by atoms with Gasteiger partial charge in [0.15, 0.2) is 17.3 Å². The fourth-order valence-corrected chi connectivity index (χ4v) is 4.38. The summed E-state index contributed by atoms with van der Waals surface area (Å²) >= 11 is 0. The number of para-hydroxylation sites is 2. The molecule has 2 aliphatic rings. The number of likely N-dealkylation sites (tertiary alicyclic amines) is 1. The van der Waals surface area contributed by atoms with E-state index in [0.29, 0.717) is 12.4 Å². The first-order valence-corrected chi connectivity index (χ1v) is 10.7. The number of carbonyl (C=O) groups is 2. The highest BCUT2D eigenvalue weighted by Crippen LogP contribution is 2.38. The van der Waals surface area contributed by atoms with E-state index < -0.39 is 23.3 Å². The third kappa shape index (κ3) is 3.14. The maximum absolute atomic E-state index is 12.9. The van der Waals surface area contributed by atoms with Crippen molar-refractivity contribution >= 4 is 22.8 Å². The normalized spacial score (nSPS) is 18.9. The van der Waals surface area contributed by atoms with Crippen LogP contribution < -0.4 is 10.9 Å². The van der Waals surface area contributed by atoms with Gasteiger partial charge in [0.1, 0.15) is 0 Å². The zero-order chi connectivity index (χ0) is 22.6. The smallest absolute Gasteiger partial charge is 0.296 e. The maximum Gasteiger partial charge on any atom is 0.296 e. The van der Waals surface area contributed by atoms with Crippen LogP contribution in [0.15, 0.2) is 29.1 Å². The highest BCUT2D eigenvalue weighted by Gasteiger charge is 2.32. The number of aromatic hydroxyl groups is 1. The first-order chi connectivity index (χ1) is 15.3. The van der Waals surface area contributed by atoms with Gasteiger partial charge in [0.05, 0.1) is 17.1 Å². The van der Waals surface area contributed by atoms with E-state index >= 15 is 0 Å². The fraction of sp³-hybridized carbons (Fsp3) is 0.409. The van der Waals surface area contributed by atoms with E-state index in [-0.39, 0.29) is 29.9 Å². The molecule has 0 bridgehead atoms. The van der Waals surface area contributed by atoms with Crippen molar-refractivity contribution in [3.63, 3.8) is 0 Å². The second-order valence-electron chi connectivity index (χ2n) is 8.52. The number of nitrogens with zero attached hydrogens (tertiary/aromatic N) is 5. The van der Waals surface area contributed by atoms with E-state index in [0.717, 1.165) is 30.3 Å². The van der Waals surface area contributed by atoms with Crippen LogP contribution in [0.4, 0.5) is 0 Å². The molecule has 32 heavy (non-hydrogen) atoms. The van der Waals surface area contributed by atoms with E-state index in [9.17, 15) is 19.5 Å². The summed E-state index contributed by atoms with van der Waals surface area (Å²) in [6.45, 7) is 0.362. The summed E-state index contributed by atoms with van der Waals surface area (Å²) in [5.74, 6) is -0.800. The molecule has 1 aromatic carbocycles. The van der Waals surface area contributed by atoms with Crippen molar-refractivity contribution < 1.29 is 14.7 Å². The molecule has 2 aromatic heterocycles. The molecular weight excluding hydrogens is 412 g/mol. The molecule has 166 valence electrons. The van der Waals surface area contributed by atoms with Crippen LogP contribution in [0, 0.1) is 0 Å². The lowest BCUT2D eigenvalue weighted by atomic mass is 9.92. The Morgan fingerprint density at radius 3 is 2.53 bits per heavy atom. The Bertz CT molecular complexity index is 1310. The molecule has 5 rings (SSSR count). The molecule has 1 atom stereocenters. The summed E-state index contributed by atoms with van der Waals surface area (Å²) in [6, 6.07) is 7.53. The lowest BCUT2D eigenvalue weighted by Crippen LogP contribution is -2.38. The molecule has 1 saturated heterocycles. The minimum absolute atomic E-state index is 0.0774. The summed E-state index contributed by atoms with van der Waals surface area (Å²) in [5.41, 5.74) is 0.618. The van der Waals surface area contributed by atoms with Crippen LogP contribution in [-0.4, -0.2) is 60.6 Å². The number of hydrogen-bond donors (Lipinski definition) is 2. The molecule has 10 heteroatoms. The van der Waals surface area contributed by atoms with Gasteiger partial charge in [0.2, 0.25) is 11.7 Å². The molecule has 1 aliphatic carbocycles. The molecule has 3 aromatic rings. The van der Waals surface area contributed by atoms with Gasteiger partial charge in [-0.3, -0.25) is 19.0 Å². The number of nitrogens with one attached hydrogen (secondary N) is 1. The highest BCUT2D eigenvalue weighted by molar-refractivity contribution is 5.96. The van der Waals surface area contributed by atoms with Gasteiger partial charge in [-0.15, -0.1) is 0 Å². The molecule has 1 unspecified atom stereocenters. The van der Waals surface area contributed by atoms with Crippen molar-refractivity contribution in [1.82, 2.24) is 29.3 Å². The fourth-order valence-electron chi connectivity index (χ4n) is 4.38. The number of imidazole rings is 1. The Kier molecular flexibility index (Phi) is 4.72. The molecule has 1 aliphatic heterocycles. The number of amides is 2. The van der Waals surface area contributed by atoms with E-state index in [1.807, 2.05) is 24.3 Å². The van der Waals surface area contributed by atoms with Gasteiger partial charge in [-0.1, -0.05) is 12.1 Å². The van der Waals surface area contributed by atoms with Crippen LogP contribution >= 0.6 is 0 Å². The average Bonchev–Trinajstić information content (AvgIpc) is 3.25. The van der Waals surface area contributed by atoms with Crippen LogP contribution in [0.5, 0.6) is 5.75 Å². The summed E-state index contributed by atoms with van der Waals surface area (Å²) in [6.07, 6.45) is 3.27. The van der Waals surface area contributed by atoms with Gasteiger partial charge in [-0.25, -0.2) is 9.97 Å². The zero-order valence-corrected chi connectivity index (χ0v) is 17.9. The number of carbonyl (C=O) groups excluding carboxylic acids is 2. The Labute approximate surface area is 183 Å². The summed E-state index contributed by atoms with van der Waals surface area (Å²) in [7, 11) is 3.16. The Morgan fingerprint density at radius 2 is 1.88 bits per heavy atom. The second kappa shape index (κ2) is 7.47. The van der Waals surface area contributed by atoms with Gasteiger partial charge < -0.3 is 19.9 Å². The van der Waals surface area contributed by atoms with Crippen molar-refractivity contribution in [3.05, 3.63) is 40.3 Å². The summed E-state index contributed by atoms with van der Waals surface area (Å²) in [4.78, 5) is 48.1. The number of likely N-dealkylation sites (N-methyl/N-ethyl adjacent to an activating group) is 1. The topological polar surface area (TPSA) is 122 Å². The first kappa shape index (κ1) is 20.2. The van der Waals surface area contributed by atoms with Crippen LogP contribution in [0.25, 0.3) is 22.7 Å². The van der Waals surface area contributed by atoms with Crippen molar-refractivity contribution in [2.75, 3.05) is 13.6 Å². The van der Waals surface area contributed by atoms with E-state index in [1.165, 1.54) is 16.5 Å². The van der Waals surface area contributed by atoms with Gasteiger partial charge in [-0.2, -0.15) is 0 Å². The molecule has 2 fully saturated rings. The average molecular weight is 436 g/mol. The maximum atomic E-state index is 12.9. The molecule has 1 saturated carbocycles. The molecule has 2 amide bonds. The quantitative estimate of drug-likeness (QED) is 0.633. The van der Waals surface area contributed by atoms with Crippen LogP contribution in [0.1, 0.15) is 42.2 Å². The number of aromatic nitrogens is 4. The largest absolute Gasteiger partial charge is 0.501 e.